The summed E-state index contributed by atoms with van der Waals surface area (Å²) in [7, 11) is 0. The second kappa shape index (κ2) is 11.5. The predicted octanol–water partition coefficient (Wildman–Crippen LogP) is 3.83. The molecule has 1 heterocycles. The Bertz CT molecular complexity index is 1390. The predicted molar refractivity (Wildman–Crippen MR) is 136 cm³/mol. The highest BCUT2D eigenvalue weighted by Crippen LogP contribution is 2.23. The Morgan fingerprint density at radius 3 is 2.54 bits per heavy atom. The fourth-order valence-corrected chi connectivity index (χ4v) is 4.19. The Morgan fingerprint density at radius 2 is 1.81 bits per heavy atom. The van der Waals surface area contributed by atoms with Crippen LogP contribution < -0.4 is 10.6 Å². The van der Waals surface area contributed by atoms with Crippen molar-refractivity contribution in [2.45, 2.75) is 38.6 Å². The van der Waals surface area contributed by atoms with Crippen molar-refractivity contribution in [2.24, 2.45) is 0 Å². The molecule has 0 spiro atoms. The number of fused-ring (bicyclic) bond motifs is 1. The van der Waals surface area contributed by atoms with Crippen LogP contribution in [-0.2, 0) is 19.6 Å². The van der Waals surface area contributed by atoms with Crippen LogP contribution in [0.1, 0.15) is 45.8 Å². The van der Waals surface area contributed by atoms with Gasteiger partial charge in [-0.15, -0.1) is 0 Å². The van der Waals surface area contributed by atoms with Crippen LogP contribution >= 0.6 is 0 Å². The minimum absolute atomic E-state index is 0.0143. The van der Waals surface area contributed by atoms with Crippen molar-refractivity contribution in [3.05, 3.63) is 100 Å². The van der Waals surface area contributed by atoms with Gasteiger partial charge in [0.2, 0.25) is 0 Å². The van der Waals surface area contributed by atoms with Gasteiger partial charge in [0, 0.05) is 41.2 Å². The molecule has 0 unspecified atom stereocenters. The number of carbonyl (C=O) groups excluding carboxylic acids is 1. The molecule has 7 nitrogen and oxygen atoms in total. The second-order valence-electron chi connectivity index (χ2n) is 9.06. The minimum atomic E-state index is -0.806. The lowest BCUT2D eigenvalue weighted by atomic mass is 10.0. The normalized spacial score (nSPS) is 13.0. The monoisotopic (exact) mass is 509 g/mol. The first kappa shape index (κ1) is 26.3. The fourth-order valence-electron chi connectivity index (χ4n) is 4.19. The molecule has 194 valence electrons. The van der Waals surface area contributed by atoms with Crippen molar-refractivity contribution in [2.75, 3.05) is 6.54 Å². The highest BCUT2D eigenvalue weighted by molar-refractivity contribution is 5.98. The zero-order valence-electron chi connectivity index (χ0n) is 20.3. The summed E-state index contributed by atoms with van der Waals surface area (Å²) in [4.78, 5) is 15.6. The summed E-state index contributed by atoms with van der Waals surface area (Å²) in [6, 6.07) is 15.7. The third-order valence-corrected chi connectivity index (χ3v) is 6.28. The van der Waals surface area contributed by atoms with Gasteiger partial charge in [0.25, 0.3) is 5.91 Å². The standard InChI is InChI=1S/C28H29F2N3O4/c1-16(31-14-27(36)18-6-8-26(35)20(11-18)15-34)9-17-5-7-24-19(10-17)12-25(33-24)28(37)32-13-21-22(29)3-2-4-23(21)30/h2-8,10-12,16,27,31,33-36H,9,13-15H2,1H3,(H,32,37)/t16-,27-/m1/s1. The first-order valence-electron chi connectivity index (χ1n) is 11.9. The molecule has 0 radical (unpaired) electrons. The van der Waals surface area contributed by atoms with E-state index in [9.17, 15) is 28.9 Å². The number of rotatable bonds is 10. The van der Waals surface area contributed by atoms with E-state index in [-0.39, 0.29) is 42.7 Å². The number of nitrogens with one attached hydrogen (secondary N) is 3. The smallest absolute Gasteiger partial charge is 0.268 e. The van der Waals surface area contributed by atoms with Crippen LogP contribution in [0.15, 0.2) is 60.7 Å². The molecule has 37 heavy (non-hydrogen) atoms. The molecule has 0 aliphatic rings. The Labute approximate surface area is 212 Å². The van der Waals surface area contributed by atoms with Crippen molar-refractivity contribution >= 4 is 16.8 Å². The first-order valence-corrected chi connectivity index (χ1v) is 11.9. The summed E-state index contributed by atoms with van der Waals surface area (Å²) >= 11 is 0. The van der Waals surface area contributed by atoms with Crippen LogP contribution in [0.25, 0.3) is 10.9 Å². The van der Waals surface area contributed by atoms with Crippen LogP contribution in [-0.4, -0.2) is 38.8 Å². The molecule has 0 fully saturated rings. The van der Waals surface area contributed by atoms with Gasteiger partial charge < -0.3 is 30.9 Å². The first-order chi connectivity index (χ1) is 17.7. The van der Waals surface area contributed by atoms with Crippen molar-refractivity contribution in [3.8, 4) is 5.75 Å². The maximum absolute atomic E-state index is 13.8. The van der Waals surface area contributed by atoms with E-state index in [0.717, 1.165) is 28.6 Å². The van der Waals surface area contributed by atoms with Crippen LogP contribution in [0.4, 0.5) is 8.78 Å². The summed E-state index contributed by atoms with van der Waals surface area (Å²) < 4.78 is 27.6. The lowest BCUT2D eigenvalue weighted by Crippen LogP contribution is -2.32. The zero-order valence-corrected chi connectivity index (χ0v) is 20.3. The molecule has 0 aliphatic heterocycles. The van der Waals surface area contributed by atoms with Gasteiger partial charge in [-0.05, 0) is 66.9 Å². The second-order valence-corrected chi connectivity index (χ2v) is 9.06. The lowest BCUT2D eigenvalue weighted by molar-refractivity contribution is 0.0946. The number of carbonyl (C=O) groups is 1. The van der Waals surface area contributed by atoms with Gasteiger partial charge in [-0.2, -0.15) is 0 Å². The van der Waals surface area contributed by atoms with Crippen LogP contribution in [0.3, 0.4) is 0 Å². The topological polar surface area (TPSA) is 118 Å². The number of aromatic hydroxyl groups is 1. The van der Waals surface area contributed by atoms with E-state index in [4.69, 9.17) is 0 Å². The number of halogens is 2. The number of phenols is 1. The van der Waals surface area contributed by atoms with Crippen LogP contribution in [0, 0.1) is 11.6 Å². The molecule has 0 saturated heterocycles. The molecule has 6 N–H and O–H groups in total. The van der Waals surface area contributed by atoms with Crippen molar-refractivity contribution in [1.82, 2.24) is 15.6 Å². The van der Waals surface area contributed by atoms with E-state index >= 15 is 0 Å². The molecule has 0 bridgehead atoms. The number of aromatic nitrogens is 1. The van der Waals surface area contributed by atoms with Gasteiger partial charge >= 0.3 is 0 Å². The lowest BCUT2D eigenvalue weighted by Gasteiger charge is -2.18. The summed E-state index contributed by atoms with van der Waals surface area (Å²) in [6.45, 7) is 1.70. The third-order valence-electron chi connectivity index (χ3n) is 6.28. The Hall–Kier alpha value is -3.79. The maximum Gasteiger partial charge on any atom is 0.268 e. The van der Waals surface area contributed by atoms with Crippen molar-refractivity contribution < 1.29 is 28.9 Å². The number of benzene rings is 3. The summed E-state index contributed by atoms with van der Waals surface area (Å²) in [5, 5.41) is 36.1. The number of H-pyrrole nitrogens is 1. The number of hydrogen-bond acceptors (Lipinski definition) is 5. The van der Waals surface area contributed by atoms with Crippen LogP contribution in [0.2, 0.25) is 0 Å². The number of aromatic amines is 1. The highest BCUT2D eigenvalue weighted by atomic mass is 19.1. The molecule has 2 atom stereocenters. The molecule has 0 aliphatic carbocycles. The fraction of sp³-hybridized carbons (Fsp3) is 0.250. The highest BCUT2D eigenvalue weighted by Gasteiger charge is 2.15. The molecule has 9 heteroatoms. The maximum atomic E-state index is 13.8. The van der Waals surface area contributed by atoms with Gasteiger partial charge in [0.05, 0.1) is 12.7 Å². The number of amides is 1. The summed E-state index contributed by atoms with van der Waals surface area (Å²) in [5.41, 5.74) is 2.83. The minimum Gasteiger partial charge on any atom is -0.508 e. The number of hydrogen-bond donors (Lipinski definition) is 6. The molecule has 1 aromatic heterocycles. The molecule has 1 amide bonds. The zero-order chi connectivity index (χ0) is 26.5. The molecule has 4 aromatic rings. The Kier molecular flexibility index (Phi) is 8.17. The van der Waals surface area contributed by atoms with E-state index in [2.05, 4.69) is 15.6 Å². The molecular weight excluding hydrogens is 480 g/mol. The van der Waals surface area contributed by atoms with Crippen molar-refractivity contribution in [3.63, 3.8) is 0 Å². The van der Waals surface area contributed by atoms with Gasteiger partial charge in [0.1, 0.15) is 23.1 Å². The van der Waals surface area contributed by atoms with Gasteiger partial charge in [-0.25, -0.2) is 8.78 Å². The average Bonchev–Trinajstić information content (AvgIpc) is 3.31. The Morgan fingerprint density at radius 1 is 1.05 bits per heavy atom. The Balaban J connectivity index is 1.34. The molecular formula is C28H29F2N3O4. The summed E-state index contributed by atoms with van der Waals surface area (Å²) in [6.07, 6.45) is -0.140. The summed E-state index contributed by atoms with van der Waals surface area (Å²) in [5.74, 6) is -1.91. The largest absolute Gasteiger partial charge is 0.508 e. The number of aliphatic hydroxyl groups excluding tert-OH is 2. The average molecular weight is 510 g/mol. The molecule has 3 aromatic carbocycles. The van der Waals surface area contributed by atoms with E-state index in [1.807, 2.05) is 25.1 Å². The number of aliphatic hydroxyl groups is 2. The quantitative estimate of drug-likeness (QED) is 0.194. The van der Waals surface area contributed by atoms with Gasteiger partial charge in [-0.3, -0.25) is 4.79 Å². The van der Waals surface area contributed by atoms with Crippen LogP contribution in [0.5, 0.6) is 5.75 Å². The van der Waals surface area contributed by atoms with E-state index in [1.54, 1.807) is 18.2 Å². The van der Waals surface area contributed by atoms with E-state index in [0.29, 0.717) is 17.5 Å². The molecule has 0 saturated carbocycles. The van der Waals surface area contributed by atoms with Crippen molar-refractivity contribution in [1.29, 1.82) is 0 Å². The third kappa shape index (κ3) is 6.32. The SMILES string of the molecule is C[C@H](Cc1ccc2[nH]c(C(=O)NCc3c(F)cccc3F)cc2c1)NC[C@@H](O)c1ccc(O)c(CO)c1. The molecule has 4 rings (SSSR count). The van der Waals surface area contributed by atoms with E-state index < -0.39 is 23.6 Å². The van der Waals surface area contributed by atoms with Gasteiger partial charge in [-0.1, -0.05) is 18.2 Å². The van der Waals surface area contributed by atoms with E-state index in [1.165, 1.54) is 12.1 Å². The van der Waals surface area contributed by atoms with Gasteiger partial charge in [0.15, 0.2) is 0 Å².